The van der Waals surface area contributed by atoms with Crippen LogP contribution in [0.3, 0.4) is 0 Å². The Balaban J connectivity index is 1.43. The van der Waals surface area contributed by atoms with Crippen LogP contribution in [-0.4, -0.2) is 4.98 Å². The number of hydrogen-bond donors (Lipinski definition) is 1. The highest BCUT2D eigenvalue weighted by Gasteiger charge is 2.16. The van der Waals surface area contributed by atoms with E-state index in [1.807, 2.05) is 0 Å². The predicted octanol–water partition coefficient (Wildman–Crippen LogP) is 10.8. The maximum Gasteiger partial charge on any atom is 0.0465 e. The van der Waals surface area contributed by atoms with Gasteiger partial charge >= 0.3 is 0 Å². The van der Waals surface area contributed by atoms with Gasteiger partial charge in [-0.2, -0.15) is 0 Å². The van der Waals surface area contributed by atoms with Gasteiger partial charge in [-0.1, -0.05) is 109 Å². The Morgan fingerprint density at radius 1 is 0.282 bits per heavy atom. The molecule has 0 atom stereocenters. The van der Waals surface area contributed by atoms with Crippen molar-refractivity contribution in [2.24, 2.45) is 0 Å². The fraction of sp³-hybridized carbons (Fsp3) is 0. The van der Waals surface area contributed by atoms with Gasteiger partial charge in [-0.05, 0) is 89.3 Å². The van der Waals surface area contributed by atoms with E-state index >= 15 is 0 Å². The quantitative estimate of drug-likeness (QED) is 0.219. The number of hydrogen-bond acceptors (Lipinski definition) is 0. The lowest BCUT2D eigenvalue weighted by atomic mass is 9.86. The van der Waals surface area contributed by atoms with Gasteiger partial charge in [0.15, 0.2) is 0 Å². The summed E-state index contributed by atoms with van der Waals surface area (Å²) in [5.41, 5.74) is 4.83. The lowest BCUT2D eigenvalue weighted by Gasteiger charge is -2.17. The Morgan fingerprint density at radius 3 is 1.31 bits per heavy atom. The van der Waals surface area contributed by atoms with Crippen LogP contribution in [0.1, 0.15) is 0 Å². The van der Waals surface area contributed by atoms with Crippen molar-refractivity contribution >= 4 is 75.7 Å². The Labute approximate surface area is 224 Å². The summed E-state index contributed by atoms with van der Waals surface area (Å²) in [6.07, 6.45) is 0. The van der Waals surface area contributed by atoms with Crippen molar-refractivity contribution in [2.75, 3.05) is 0 Å². The Bertz CT molecular complexity index is 2440. The van der Waals surface area contributed by atoms with Crippen molar-refractivity contribution in [3.8, 4) is 11.1 Å². The fourth-order valence-electron chi connectivity index (χ4n) is 6.83. The lowest BCUT2D eigenvalue weighted by molar-refractivity contribution is 1.54. The molecule has 8 aromatic carbocycles. The lowest BCUT2D eigenvalue weighted by Crippen LogP contribution is -1.89. The Morgan fingerprint density at radius 2 is 0.692 bits per heavy atom. The molecule has 0 bridgehead atoms. The molecule has 1 N–H and O–H groups in total. The van der Waals surface area contributed by atoms with E-state index in [9.17, 15) is 0 Å². The zero-order valence-electron chi connectivity index (χ0n) is 21.2. The van der Waals surface area contributed by atoms with E-state index in [4.69, 9.17) is 0 Å². The molecular weight excluding hydrogens is 470 g/mol. The molecule has 9 rings (SSSR count). The minimum absolute atomic E-state index is 1.18. The number of rotatable bonds is 1. The molecule has 0 saturated heterocycles. The van der Waals surface area contributed by atoms with Gasteiger partial charge in [-0.25, -0.2) is 0 Å². The van der Waals surface area contributed by atoms with Gasteiger partial charge in [0.05, 0.1) is 0 Å². The molecular formula is C38H23N. The van der Waals surface area contributed by atoms with Crippen molar-refractivity contribution < 1.29 is 0 Å². The standard InChI is InChI=1S/C38H23N/c1-4-13-29-25(9-1)26-10-2-5-14-30(26)38-32-19-17-23(21-33(32)27-11-3-6-15-31(27)37(29)38)24-18-20-36-34(22-24)28-12-7-8-16-35(28)39-36/h1-22,39H. The van der Waals surface area contributed by atoms with Crippen molar-refractivity contribution in [1.82, 2.24) is 4.98 Å². The Hall–Kier alpha value is -5.14. The number of benzene rings is 8. The van der Waals surface area contributed by atoms with Crippen LogP contribution in [0.2, 0.25) is 0 Å². The van der Waals surface area contributed by atoms with E-state index < -0.39 is 0 Å². The number of nitrogens with one attached hydrogen (secondary N) is 1. The van der Waals surface area contributed by atoms with Crippen molar-refractivity contribution in [1.29, 1.82) is 0 Å². The van der Waals surface area contributed by atoms with Crippen LogP contribution in [0.4, 0.5) is 0 Å². The van der Waals surface area contributed by atoms with Crippen LogP contribution in [0.25, 0.3) is 86.8 Å². The van der Waals surface area contributed by atoms with Gasteiger partial charge in [0.1, 0.15) is 0 Å². The van der Waals surface area contributed by atoms with E-state index in [0.29, 0.717) is 0 Å². The molecule has 1 aromatic heterocycles. The summed E-state index contributed by atoms with van der Waals surface area (Å²) in [6, 6.07) is 49.1. The summed E-state index contributed by atoms with van der Waals surface area (Å²) in [5.74, 6) is 0. The highest BCUT2D eigenvalue weighted by atomic mass is 14.7. The monoisotopic (exact) mass is 493 g/mol. The minimum atomic E-state index is 1.18. The van der Waals surface area contributed by atoms with Crippen molar-refractivity contribution in [3.05, 3.63) is 133 Å². The maximum atomic E-state index is 3.56. The highest BCUT2D eigenvalue weighted by Crippen LogP contribution is 2.44. The summed E-state index contributed by atoms with van der Waals surface area (Å²) < 4.78 is 0. The largest absolute Gasteiger partial charge is 0.355 e. The Kier molecular flexibility index (Phi) is 4.11. The molecule has 0 fully saturated rings. The second kappa shape index (κ2) is 7.69. The summed E-state index contributed by atoms with van der Waals surface area (Å²) in [4.78, 5) is 3.56. The van der Waals surface area contributed by atoms with Crippen LogP contribution in [-0.2, 0) is 0 Å². The van der Waals surface area contributed by atoms with Crippen molar-refractivity contribution in [2.45, 2.75) is 0 Å². The van der Waals surface area contributed by atoms with E-state index in [1.54, 1.807) is 0 Å². The average Bonchev–Trinajstić information content (AvgIpc) is 3.38. The van der Waals surface area contributed by atoms with E-state index in [0.717, 1.165) is 0 Å². The third-order valence-corrected chi connectivity index (χ3v) is 8.55. The maximum absolute atomic E-state index is 3.56. The van der Waals surface area contributed by atoms with Crippen LogP contribution in [0.5, 0.6) is 0 Å². The molecule has 1 heteroatoms. The topological polar surface area (TPSA) is 15.8 Å². The average molecular weight is 494 g/mol. The molecule has 0 amide bonds. The highest BCUT2D eigenvalue weighted by molar-refractivity contribution is 6.39. The SMILES string of the molecule is c1ccc2c(c1)[nH]c1ccc(-c3ccc4c(c3)c3ccccc3c3c5ccccc5c5ccccc5c43)cc12. The molecule has 0 unspecified atom stereocenters. The smallest absolute Gasteiger partial charge is 0.0465 e. The van der Waals surface area contributed by atoms with Crippen LogP contribution >= 0.6 is 0 Å². The zero-order chi connectivity index (χ0) is 25.5. The summed E-state index contributed by atoms with van der Waals surface area (Å²) in [6.45, 7) is 0. The molecule has 0 saturated carbocycles. The summed E-state index contributed by atoms with van der Waals surface area (Å²) >= 11 is 0. The van der Waals surface area contributed by atoms with Gasteiger partial charge in [-0.15, -0.1) is 0 Å². The van der Waals surface area contributed by atoms with Crippen LogP contribution in [0.15, 0.2) is 133 Å². The van der Waals surface area contributed by atoms with Crippen LogP contribution in [0, 0.1) is 0 Å². The first-order valence-electron chi connectivity index (χ1n) is 13.5. The molecule has 0 aliphatic carbocycles. The van der Waals surface area contributed by atoms with Crippen molar-refractivity contribution in [3.63, 3.8) is 0 Å². The van der Waals surface area contributed by atoms with Crippen LogP contribution < -0.4 is 0 Å². The molecule has 180 valence electrons. The summed E-state index contributed by atoms with van der Waals surface area (Å²) in [5, 5.41) is 15.7. The third kappa shape index (κ3) is 2.85. The number of para-hydroxylation sites is 1. The van der Waals surface area contributed by atoms with Gasteiger partial charge in [0.25, 0.3) is 0 Å². The second-order valence-electron chi connectivity index (χ2n) is 10.6. The molecule has 39 heavy (non-hydrogen) atoms. The fourth-order valence-corrected chi connectivity index (χ4v) is 6.83. The molecule has 0 aliphatic heterocycles. The first-order chi connectivity index (χ1) is 19.3. The molecule has 0 aliphatic rings. The minimum Gasteiger partial charge on any atom is -0.355 e. The third-order valence-electron chi connectivity index (χ3n) is 8.55. The van der Waals surface area contributed by atoms with Gasteiger partial charge in [-0.3, -0.25) is 0 Å². The normalized spacial score (nSPS) is 12.1. The van der Waals surface area contributed by atoms with Gasteiger partial charge < -0.3 is 4.98 Å². The number of aromatic nitrogens is 1. The molecule has 0 spiro atoms. The van der Waals surface area contributed by atoms with E-state index in [1.165, 1.54) is 86.8 Å². The first kappa shape index (κ1) is 20.9. The number of fused-ring (bicyclic) bond motifs is 14. The second-order valence-corrected chi connectivity index (χ2v) is 10.6. The molecule has 1 nitrogen and oxygen atoms in total. The summed E-state index contributed by atoms with van der Waals surface area (Å²) in [7, 11) is 0. The number of H-pyrrole nitrogens is 1. The molecule has 1 heterocycles. The molecule has 0 radical (unpaired) electrons. The van der Waals surface area contributed by atoms with E-state index in [-0.39, 0.29) is 0 Å². The first-order valence-corrected chi connectivity index (χ1v) is 13.5. The van der Waals surface area contributed by atoms with Gasteiger partial charge in [0.2, 0.25) is 0 Å². The zero-order valence-corrected chi connectivity index (χ0v) is 21.2. The molecule has 9 aromatic rings. The number of aromatic amines is 1. The van der Waals surface area contributed by atoms with Gasteiger partial charge in [0, 0.05) is 21.8 Å². The predicted molar refractivity (Wildman–Crippen MR) is 169 cm³/mol. The van der Waals surface area contributed by atoms with E-state index in [2.05, 4.69) is 138 Å².